The van der Waals surface area contributed by atoms with Crippen LogP contribution in [0, 0.1) is 0 Å². The van der Waals surface area contributed by atoms with Crippen LogP contribution in [0.25, 0.3) is 0 Å². The summed E-state index contributed by atoms with van der Waals surface area (Å²) in [6, 6.07) is 12.1. The van der Waals surface area contributed by atoms with E-state index in [1.165, 1.54) is 0 Å². The van der Waals surface area contributed by atoms with Gasteiger partial charge in [-0.1, -0.05) is 59.7 Å². The highest BCUT2D eigenvalue weighted by Crippen LogP contribution is 2.43. The van der Waals surface area contributed by atoms with E-state index in [0.717, 1.165) is 0 Å². The molecule has 0 unspecified atom stereocenters. The molecule has 2 N–H and O–H groups in total. The topological polar surface area (TPSA) is 67.4 Å². The van der Waals surface area contributed by atoms with E-state index in [9.17, 15) is 9.59 Å². The Kier molecular flexibility index (Phi) is 8.92. The second-order valence-corrected chi connectivity index (χ2v) is 15.1. The lowest BCUT2D eigenvalue weighted by Gasteiger charge is -2.42. The molecule has 2 aromatic carbocycles. The van der Waals surface area contributed by atoms with Crippen molar-refractivity contribution in [3.63, 3.8) is 0 Å². The number of halogens is 1. The van der Waals surface area contributed by atoms with Gasteiger partial charge < -0.3 is 15.1 Å². The molecule has 0 saturated carbocycles. The predicted octanol–water partition coefficient (Wildman–Crippen LogP) is 7.66. The molecule has 0 aliphatic heterocycles. The number of benzene rings is 2. The van der Waals surface area contributed by atoms with E-state index in [1.54, 1.807) is 43.3 Å². The van der Waals surface area contributed by atoms with E-state index >= 15 is 0 Å². The highest BCUT2D eigenvalue weighted by molar-refractivity contribution is 6.78. The van der Waals surface area contributed by atoms with Crippen molar-refractivity contribution in [2.75, 3.05) is 10.6 Å². The Labute approximate surface area is 203 Å². The minimum Gasteiger partial charge on any atom is -0.543 e. The standard InChI is InChI=1S/C26H35ClN2O3Si/c1-16(2)25(30)29-24-15-22(32-33(17(3)4,18(5)6)19(7)8)13-14-23(24)26(31)28-21-11-9-20(27)10-12-21/h9-15,17-19H,1H2,2-8H3,(H,28,31)(H,29,30). The van der Waals surface area contributed by atoms with Gasteiger partial charge in [0.2, 0.25) is 0 Å². The maximum absolute atomic E-state index is 13.0. The third-order valence-electron chi connectivity index (χ3n) is 5.98. The molecule has 0 spiro atoms. The lowest BCUT2D eigenvalue weighted by Crippen LogP contribution is -2.50. The van der Waals surface area contributed by atoms with Gasteiger partial charge >= 0.3 is 0 Å². The predicted molar refractivity (Wildman–Crippen MR) is 141 cm³/mol. The highest BCUT2D eigenvalue weighted by atomic mass is 35.5. The fourth-order valence-corrected chi connectivity index (χ4v) is 9.77. The van der Waals surface area contributed by atoms with Gasteiger partial charge in [0.1, 0.15) is 5.75 Å². The van der Waals surface area contributed by atoms with Gasteiger partial charge in [0.05, 0.1) is 11.3 Å². The Balaban J connectivity index is 2.47. The molecule has 0 atom stereocenters. The Hall–Kier alpha value is -2.57. The molecule has 33 heavy (non-hydrogen) atoms. The molecule has 5 nitrogen and oxygen atoms in total. The zero-order chi connectivity index (χ0) is 24.9. The number of carbonyl (C=O) groups excluding carboxylic acids is 2. The lowest BCUT2D eigenvalue weighted by atomic mass is 10.1. The van der Waals surface area contributed by atoms with Gasteiger partial charge in [-0.3, -0.25) is 9.59 Å². The van der Waals surface area contributed by atoms with E-state index in [0.29, 0.717) is 49.9 Å². The first-order chi connectivity index (χ1) is 15.4. The monoisotopic (exact) mass is 486 g/mol. The average Bonchev–Trinajstić information content (AvgIpc) is 2.72. The van der Waals surface area contributed by atoms with Crippen molar-refractivity contribution >= 4 is 43.1 Å². The number of carbonyl (C=O) groups is 2. The molecule has 0 heterocycles. The molecular weight excluding hydrogens is 452 g/mol. The summed E-state index contributed by atoms with van der Waals surface area (Å²) in [5.74, 6) is -0.0495. The Morgan fingerprint density at radius 1 is 0.909 bits per heavy atom. The molecular formula is C26H35ClN2O3Si. The molecule has 0 aromatic heterocycles. The Bertz CT molecular complexity index is 995. The third-order valence-corrected chi connectivity index (χ3v) is 12.2. The van der Waals surface area contributed by atoms with Crippen molar-refractivity contribution in [2.45, 2.75) is 65.1 Å². The summed E-state index contributed by atoms with van der Waals surface area (Å²) in [6.07, 6.45) is 0. The number of rotatable bonds is 9. The quantitative estimate of drug-likeness (QED) is 0.282. The number of amides is 2. The van der Waals surface area contributed by atoms with E-state index in [4.69, 9.17) is 16.0 Å². The van der Waals surface area contributed by atoms with Crippen LogP contribution in [-0.2, 0) is 4.79 Å². The minimum absolute atomic E-state index is 0.331. The molecule has 0 saturated heterocycles. The van der Waals surface area contributed by atoms with Gasteiger partial charge in [0.15, 0.2) is 0 Å². The van der Waals surface area contributed by atoms with E-state index < -0.39 is 8.32 Å². The van der Waals surface area contributed by atoms with Crippen molar-refractivity contribution in [2.24, 2.45) is 0 Å². The van der Waals surface area contributed by atoms with Crippen LogP contribution in [0.1, 0.15) is 58.8 Å². The lowest BCUT2D eigenvalue weighted by molar-refractivity contribution is -0.112. The highest BCUT2D eigenvalue weighted by Gasteiger charge is 2.47. The van der Waals surface area contributed by atoms with E-state index in [-0.39, 0.29) is 11.8 Å². The summed E-state index contributed by atoms with van der Waals surface area (Å²) in [5, 5.41) is 6.24. The SMILES string of the molecule is C=C(C)C(=O)Nc1cc(O[Si](C(C)C)(C(C)C)C(C)C)ccc1C(=O)Nc1ccc(Cl)cc1. The van der Waals surface area contributed by atoms with Crippen LogP contribution in [0.4, 0.5) is 11.4 Å². The van der Waals surface area contributed by atoms with Crippen LogP contribution < -0.4 is 15.1 Å². The van der Waals surface area contributed by atoms with Crippen LogP contribution in [0.15, 0.2) is 54.6 Å². The Morgan fingerprint density at radius 2 is 1.45 bits per heavy atom. The van der Waals surface area contributed by atoms with Crippen molar-refractivity contribution in [1.29, 1.82) is 0 Å². The van der Waals surface area contributed by atoms with E-state index in [1.807, 2.05) is 6.07 Å². The first-order valence-electron chi connectivity index (χ1n) is 11.2. The molecule has 0 radical (unpaired) electrons. The second kappa shape index (κ2) is 11.0. The summed E-state index contributed by atoms with van der Waals surface area (Å²) in [6.45, 7) is 18.6. The maximum atomic E-state index is 13.0. The van der Waals surface area contributed by atoms with Crippen LogP contribution >= 0.6 is 11.6 Å². The number of anilines is 2. The fraction of sp³-hybridized carbons (Fsp3) is 0.385. The van der Waals surface area contributed by atoms with Crippen molar-refractivity contribution < 1.29 is 14.0 Å². The van der Waals surface area contributed by atoms with Gasteiger partial charge in [0, 0.05) is 22.3 Å². The zero-order valence-electron chi connectivity index (χ0n) is 20.6. The second-order valence-electron chi connectivity index (χ2n) is 9.32. The molecule has 0 aliphatic carbocycles. The fourth-order valence-electron chi connectivity index (χ4n) is 4.41. The van der Waals surface area contributed by atoms with Gasteiger partial charge in [-0.2, -0.15) is 0 Å². The molecule has 2 rings (SSSR count). The summed E-state index contributed by atoms with van der Waals surface area (Å²) in [5.41, 5.74) is 2.83. The molecule has 0 fully saturated rings. The van der Waals surface area contributed by atoms with Gasteiger partial charge in [-0.25, -0.2) is 0 Å². The largest absolute Gasteiger partial charge is 0.543 e. The third kappa shape index (κ3) is 6.27. The van der Waals surface area contributed by atoms with E-state index in [2.05, 4.69) is 58.8 Å². The minimum atomic E-state index is -2.21. The van der Waals surface area contributed by atoms with Gasteiger partial charge in [-0.05, 0) is 59.9 Å². The first-order valence-corrected chi connectivity index (χ1v) is 13.8. The summed E-state index contributed by atoms with van der Waals surface area (Å²) >= 11 is 5.93. The van der Waals surface area contributed by atoms with Gasteiger partial charge in [-0.15, -0.1) is 0 Å². The molecule has 178 valence electrons. The van der Waals surface area contributed by atoms with Crippen LogP contribution in [0.5, 0.6) is 5.75 Å². The summed E-state index contributed by atoms with van der Waals surface area (Å²) in [4.78, 5) is 25.5. The zero-order valence-corrected chi connectivity index (χ0v) is 22.3. The van der Waals surface area contributed by atoms with Crippen LogP contribution in [0.2, 0.25) is 21.6 Å². The molecule has 2 aromatic rings. The van der Waals surface area contributed by atoms with Gasteiger partial charge in [0.25, 0.3) is 20.1 Å². The number of hydrogen-bond acceptors (Lipinski definition) is 3. The Morgan fingerprint density at radius 3 is 1.94 bits per heavy atom. The normalized spacial score (nSPS) is 11.6. The summed E-state index contributed by atoms with van der Waals surface area (Å²) in [7, 11) is -2.21. The number of hydrogen-bond donors (Lipinski definition) is 2. The van der Waals surface area contributed by atoms with Crippen LogP contribution in [0.3, 0.4) is 0 Å². The van der Waals surface area contributed by atoms with Crippen LogP contribution in [-0.4, -0.2) is 20.1 Å². The maximum Gasteiger partial charge on any atom is 0.258 e. The molecule has 0 bridgehead atoms. The number of nitrogens with one attached hydrogen (secondary N) is 2. The van der Waals surface area contributed by atoms with Crippen molar-refractivity contribution in [3.8, 4) is 5.75 Å². The summed E-state index contributed by atoms with van der Waals surface area (Å²) < 4.78 is 6.75. The average molecular weight is 487 g/mol. The van der Waals surface area contributed by atoms with Crippen molar-refractivity contribution in [3.05, 3.63) is 65.2 Å². The smallest absolute Gasteiger partial charge is 0.258 e. The molecule has 0 aliphatic rings. The van der Waals surface area contributed by atoms with Crippen molar-refractivity contribution in [1.82, 2.24) is 0 Å². The first kappa shape index (κ1) is 26.7. The molecule has 2 amide bonds. The molecule has 7 heteroatoms.